The van der Waals surface area contributed by atoms with Crippen molar-refractivity contribution in [3.8, 4) is 5.75 Å². The summed E-state index contributed by atoms with van der Waals surface area (Å²) in [5.74, 6) is 1.01. The number of benzene rings is 1. The van der Waals surface area contributed by atoms with E-state index in [0.29, 0.717) is 21.7 Å². The third kappa shape index (κ3) is 1.62. The second-order valence-electron chi connectivity index (χ2n) is 4.47. The zero-order chi connectivity index (χ0) is 12.9. The molecule has 0 saturated carbocycles. The number of halogens is 2. The molecular weight excluding hydrogens is 273 g/mol. The largest absolute Gasteiger partial charge is 0.412 e. The minimum Gasteiger partial charge on any atom is -0.408 e. The van der Waals surface area contributed by atoms with Gasteiger partial charge >= 0.3 is 6.09 Å². The zero-order valence-corrected chi connectivity index (χ0v) is 11.2. The first-order chi connectivity index (χ1) is 8.61. The molecule has 3 nitrogen and oxygen atoms in total. The Morgan fingerprint density at radius 1 is 1.28 bits per heavy atom. The fraction of sp³-hybridized carbons (Fsp3) is 0.308. The Labute approximate surface area is 115 Å². The summed E-state index contributed by atoms with van der Waals surface area (Å²) in [4.78, 5) is 11.4. The van der Waals surface area contributed by atoms with Crippen molar-refractivity contribution in [3.63, 3.8) is 0 Å². The number of allylic oxidation sites excluding steroid dienone is 2. The Morgan fingerprint density at radius 2 is 1.94 bits per heavy atom. The number of amides is 1. The SMILES string of the molecule is CNC(=O)Oc1c(Cl)cc(Cl)c2c1C1C=CC2C1. The van der Waals surface area contributed by atoms with Crippen LogP contribution in [0.15, 0.2) is 18.2 Å². The van der Waals surface area contributed by atoms with Gasteiger partial charge in [0.15, 0.2) is 5.75 Å². The van der Waals surface area contributed by atoms with E-state index < -0.39 is 6.09 Å². The lowest BCUT2D eigenvalue weighted by molar-refractivity contribution is 0.202. The van der Waals surface area contributed by atoms with E-state index >= 15 is 0 Å². The van der Waals surface area contributed by atoms with E-state index in [1.165, 1.54) is 7.05 Å². The van der Waals surface area contributed by atoms with Crippen molar-refractivity contribution >= 4 is 29.3 Å². The van der Waals surface area contributed by atoms with Crippen LogP contribution in [-0.4, -0.2) is 13.1 Å². The molecule has 18 heavy (non-hydrogen) atoms. The lowest BCUT2D eigenvalue weighted by Crippen LogP contribution is -2.23. The number of carbonyl (C=O) groups excluding carboxylic acids is 1. The number of rotatable bonds is 1. The van der Waals surface area contributed by atoms with Crippen LogP contribution >= 0.6 is 23.2 Å². The van der Waals surface area contributed by atoms with Crippen LogP contribution < -0.4 is 10.1 Å². The van der Waals surface area contributed by atoms with Crippen LogP contribution in [0.4, 0.5) is 4.79 Å². The molecule has 0 saturated heterocycles. The monoisotopic (exact) mass is 283 g/mol. The molecule has 2 bridgehead atoms. The standard InChI is InChI=1S/C13H11Cl2NO2/c1-16-13(17)18-12-9(15)5-8(14)10-6-2-3-7(4-6)11(10)12/h2-3,5-7H,4H2,1H3,(H,16,17). The maximum absolute atomic E-state index is 11.4. The normalized spacial score (nSPS) is 23.1. The Kier molecular flexibility index (Phi) is 2.76. The van der Waals surface area contributed by atoms with Gasteiger partial charge in [0, 0.05) is 29.5 Å². The number of fused-ring (bicyclic) bond motifs is 5. The fourth-order valence-electron chi connectivity index (χ4n) is 2.75. The van der Waals surface area contributed by atoms with Crippen molar-refractivity contribution in [2.75, 3.05) is 7.05 Å². The molecule has 94 valence electrons. The topological polar surface area (TPSA) is 38.3 Å². The highest BCUT2D eigenvalue weighted by atomic mass is 35.5. The average molecular weight is 284 g/mol. The van der Waals surface area contributed by atoms with Gasteiger partial charge in [-0.05, 0) is 18.1 Å². The van der Waals surface area contributed by atoms with Gasteiger partial charge in [-0.3, -0.25) is 0 Å². The van der Waals surface area contributed by atoms with Gasteiger partial charge in [0.2, 0.25) is 0 Å². The molecule has 1 amide bonds. The Morgan fingerprint density at radius 3 is 2.61 bits per heavy atom. The lowest BCUT2D eigenvalue weighted by atomic mass is 9.96. The number of hydrogen-bond acceptors (Lipinski definition) is 2. The van der Waals surface area contributed by atoms with Crippen LogP contribution in [0, 0.1) is 0 Å². The van der Waals surface area contributed by atoms with Gasteiger partial charge in [-0.15, -0.1) is 0 Å². The highest BCUT2D eigenvalue weighted by Gasteiger charge is 2.38. The van der Waals surface area contributed by atoms with Crippen LogP contribution in [0.1, 0.15) is 29.4 Å². The van der Waals surface area contributed by atoms with Gasteiger partial charge in [-0.25, -0.2) is 4.79 Å². The van der Waals surface area contributed by atoms with Gasteiger partial charge < -0.3 is 10.1 Å². The highest BCUT2D eigenvalue weighted by Crippen LogP contribution is 2.56. The maximum atomic E-state index is 11.4. The molecule has 0 fully saturated rings. The van der Waals surface area contributed by atoms with Gasteiger partial charge in [-0.2, -0.15) is 0 Å². The molecule has 0 spiro atoms. The summed E-state index contributed by atoms with van der Waals surface area (Å²) in [6.07, 6.45) is 4.74. The molecule has 2 atom stereocenters. The third-order valence-corrected chi connectivity index (χ3v) is 4.08. The smallest absolute Gasteiger partial charge is 0.408 e. The van der Waals surface area contributed by atoms with E-state index in [1.54, 1.807) is 6.07 Å². The Balaban J connectivity index is 2.14. The number of carbonyl (C=O) groups is 1. The summed E-state index contributed by atoms with van der Waals surface area (Å²) < 4.78 is 5.27. The molecule has 2 aliphatic carbocycles. The average Bonchev–Trinajstić information content (AvgIpc) is 2.94. The molecule has 5 heteroatoms. The van der Waals surface area contributed by atoms with Crippen molar-refractivity contribution in [3.05, 3.63) is 39.4 Å². The summed E-state index contributed by atoms with van der Waals surface area (Å²) in [5.41, 5.74) is 2.01. The molecule has 2 aliphatic rings. The summed E-state index contributed by atoms with van der Waals surface area (Å²) in [5, 5.41) is 3.45. The van der Waals surface area contributed by atoms with E-state index in [-0.39, 0.29) is 5.92 Å². The van der Waals surface area contributed by atoms with Crippen molar-refractivity contribution in [1.29, 1.82) is 0 Å². The maximum Gasteiger partial charge on any atom is 0.412 e. The molecule has 0 heterocycles. The highest BCUT2D eigenvalue weighted by molar-refractivity contribution is 6.36. The first-order valence-electron chi connectivity index (χ1n) is 5.71. The molecule has 1 aromatic carbocycles. The fourth-order valence-corrected chi connectivity index (χ4v) is 3.41. The zero-order valence-electron chi connectivity index (χ0n) is 9.67. The van der Waals surface area contributed by atoms with E-state index in [9.17, 15) is 4.79 Å². The molecule has 3 rings (SSSR count). The second kappa shape index (κ2) is 4.18. The molecule has 0 aromatic heterocycles. The predicted molar refractivity (Wildman–Crippen MR) is 70.8 cm³/mol. The number of nitrogens with one attached hydrogen (secondary N) is 1. The van der Waals surface area contributed by atoms with Crippen LogP contribution in [-0.2, 0) is 0 Å². The van der Waals surface area contributed by atoms with E-state index in [0.717, 1.165) is 17.5 Å². The predicted octanol–water partition coefficient (Wildman–Crippen LogP) is 3.85. The van der Waals surface area contributed by atoms with Gasteiger partial charge in [0.05, 0.1) is 5.02 Å². The Bertz CT molecular complexity index is 569. The summed E-state index contributed by atoms with van der Waals surface area (Å²) >= 11 is 12.4. The van der Waals surface area contributed by atoms with Crippen molar-refractivity contribution in [1.82, 2.24) is 5.32 Å². The quantitative estimate of drug-likeness (QED) is 0.795. The summed E-state index contributed by atoms with van der Waals surface area (Å²) in [6, 6.07) is 1.65. The minimum atomic E-state index is -0.520. The van der Waals surface area contributed by atoms with Crippen LogP contribution in [0.5, 0.6) is 5.75 Å². The van der Waals surface area contributed by atoms with Crippen molar-refractivity contribution in [2.24, 2.45) is 0 Å². The van der Waals surface area contributed by atoms with E-state index in [1.807, 2.05) is 0 Å². The van der Waals surface area contributed by atoms with Crippen LogP contribution in [0.2, 0.25) is 10.0 Å². The summed E-state index contributed by atoms with van der Waals surface area (Å²) in [7, 11) is 1.51. The molecule has 0 aliphatic heterocycles. The van der Waals surface area contributed by atoms with Gasteiger partial charge in [0.25, 0.3) is 0 Å². The second-order valence-corrected chi connectivity index (χ2v) is 5.28. The Hall–Kier alpha value is -1.19. The van der Waals surface area contributed by atoms with Crippen molar-refractivity contribution in [2.45, 2.75) is 18.3 Å². The first kappa shape index (κ1) is 11.9. The molecule has 2 unspecified atom stereocenters. The van der Waals surface area contributed by atoms with Crippen LogP contribution in [0.25, 0.3) is 0 Å². The minimum absolute atomic E-state index is 0.251. The number of ether oxygens (including phenoxy) is 1. The molecule has 0 radical (unpaired) electrons. The first-order valence-corrected chi connectivity index (χ1v) is 6.47. The number of hydrogen-bond donors (Lipinski definition) is 1. The van der Waals surface area contributed by atoms with Gasteiger partial charge in [-0.1, -0.05) is 35.4 Å². The van der Waals surface area contributed by atoms with Crippen LogP contribution in [0.3, 0.4) is 0 Å². The summed E-state index contributed by atoms with van der Waals surface area (Å²) in [6.45, 7) is 0. The molecule has 1 N–H and O–H groups in total. The van der Waals surface area contributed by atoms with Crippen molar-refractivity contribution < 1.29 is 9.53 Å². The molecular formula is C13H11Cl2NO2. The van der Waals surface area contributed by atoms with E-state index in [2.05, 4.69) is 17.5 Å². The lowest BCUT2D eigenvalue weighted by Gasteiger charge is -2.18. The molecule has 1 aromatic rings. The van der Waals surface area contributed by atoms with E-state index in [4.69, 9.17) is 27.9 Å². The van der Waals surface area contributed by atoms with Gasteiger partial charge in [0.1, 0.15) is 0 Å². The third-order valence-electron chi connectivity index (χ3n) is 3.49.